The second-order valence-electron chi connectivity index (χ2n) is 14.8. The molecular formula is C44H47N7O4S2. The minimum atomic E-state index is -0.540. The van der Waals surface area contributed by atoms with Crippen molar-refractivity contribution in [2.24, 2.45) is 0 Å². The molecule has 11 nitrogen and oxygen atoms in total. The van der Waals surface area contributed by atoms with E-state index < -0.39 is 6.09 Å². The van der Waals surface area contributed by atoms with E-state index >= 15 is 0 Å². The number of likely N-dealkylation sites (tertiary alicyclic amines) is 2. The van der Waals surface area contributed by atoms with Crippen LogP contribution in [-0.2, 0) is 27.2 Å². The van der Waals surface area contributed by atoms with E-state index in [-0.39, 0.29) is 36.4 Å². The topological polar surface area (TPSA) is 136 Å². The number of rotatable bonds is 14. The van der Waals surface area contributed by atoms with Gasteiger partial charge in [-0.25, -0.2) is 14.8 Å². The summed E-state index contributed by atoms with van der Waals surface area (Å²) in [6.07, 6.45) is 9.92. The Bertz CT molecular complexity index is 2250. The maximum absolute atomic E-state index is 13.6. The molecule has 0 saturated carbocycles. The van der Waals surface area contributed by atoms with Crippen molar-refractivity contribution in [1.29, 1.82) is 0 Å². The lowest BCUT2D eigenvalue weighted by atomic mass is 10.0. The Morgan fingerprint density at radius 2 is 1.28 bits per heavy atom. The van der Waals surface area contributed by atoms with Crippen LogP contribution in [0, 0.1) is 0 Å². The van der Waals surface area contributed by atoms with Crippen molar-refractivity contribution >= 4 is 40.6 Å². The second-order valence-corrected chi connectivity index (χ2v) is 16.8. The molecule has 57 heavy (non-hydrogen) atoms. The van der Waals surface area contributed by atoms with Crippen LogP contribution < -0.4 is 5.32 Å². The molecule has 2 aromatic carbocycles. The zero-order valence-electron chi connectivity index (χ0n) is 32.0. The Balaban J connectivity index is 0.875. The van der Waals surface area contributed by atoms with Gasteiger partial charge in [-0.15, -0.1) is 22.7 Å². The molecule has 2 aliphatic heterocycles. The number of nitrogens with zero attached hydrogens (tertiary/aromatic N) is 4. The summed E-state index contributed by atoms with van der Waals surface area (Å²) in [4.78, 5) is 61.6. The fourth-order valence-electron chi connectivity index (χ4n) is 8.10. The Hall–Kier alpha value is -5.53. The van der Waals surface area contributed by atoms with E-state index in [1.54, 1.807) is 22.7 Å². The number of nitrogens with one attached hydrogen (secondary N) is 3. The number of aromatic nitrogens is 4. The van der Waals surface area contributed by atoms with Crippen LogP contribution in [0.2, 0.25) is 0 Å². The second kappa shape index (κ2) is 17.7. The first-order chi connectivity index (χ1) is 27.9. The van der Waals surface area contributed by atoms with Crippen LogP contribution in [-0.4, -0.2) is 73.9 Å². The zero-order valence-corrected chi connectivity index (χ0v) is 33.6. The molecule has 0 aliphatic carbocycles. The van der Waals surface area contributed by atoms with Crippen LogP contribution in [0.5, 0.6) is 0 Å². The summed E-state index contributed by atoms with van der Waals surface area (Å²) in [7, 11) is 1.33. The summed E-state index contributed by atoms with van der Waals surface area (Å²) in [5.74, 6) is 1.82. The van der Waals surface area contributed by atoms with E-state index in [9.17, 15) is 14.4 Å². The van der Waals surface area contributed by atoms with Crippen molar-refractivity contribution in [2.45, 2.75) is 75.9 Å². The largest absolute Gasteiger partial charge is 0.453 e. The molecule has 2 saturated heterocycles. The smallest absolute Gasteiger partial charge is 0.407 e. The van der Waals surface area contributed by atoms with Gasteiger partial charge in [-0.3, -0.25) is 9.59 Å². The summed E-state index contributed by atoms with van der Waals surface area (Å²) in [6, 6.07) is 24.5. The SMILES string of the molecule is COC(=O)N[C@H](CC(=O)N1CCC[C@H]1c1ncc(-c2ccc(-c3ccc(-c4cnc([C@@H]5CCCN5C(=O)CCCc5cccs5)[nH]4)cc3)cc2)[nH]1)Cc1cccs1. The van der Waals surface area contributed by atoms with E-state index in [2.05, 4.69) is 81.3 Å². The number of ether oxygens (including phenoxy) is 1. The molecule has 3 N–H and O–H groups in total. The lowest BCUT2D eigenvalue weighted by Gasteiger charge is -2.26. The van der Waals surface area contributed by atoms with Gasteiger partial charge in [0.25, 0.3) is 0 Å². The van der Waals surface area contributed by atoms with Gasteiger partial charge >= 0.3 is 6.09 Å². The molecule has 8 rings (SSSR count). The van der Waals surface area contributed by atoms with E-state index in [1.807, 2.05) is 39.7 Å². The summed E-state index contributed by atoms with van der Waals surface area (Å²) in [5.41, 5.74) is 6.09. The fourth-order valence-corrected chi connectivity index (χ4v) is 9.64. The van der Waals surface area contributed by atoms with Crippen molar-refractivity contribution in [2.75, 3.05) is 20.2 Å². The molecule has 3 atom stereocenters. The molecule has 13 heteroatoms. The molecule has 0 bridgehead atoms. The minimum absolute atomic E-state index is 0.00687. The summed E-state index contributed by atoms with van der Waals surface area (Å²) in [6.45, 7) is 1.43. The Morgan fingerprint density at radius 3 is 1.81 bits per heavy atom. The van der Waals surface area contributed by atoms with Crippen LogP contribution in [0.25, 0.3) is 33.6 Å². The number of benzene rings is 2. The van der Waals surface area contributed by atoms with E-state index in [1.165, 1.54) is 12.0 Å². The average Bonchev–Trinajstić information content (AvgIpc) is 4.08. The first-order valence-corrected chi connectivity index (χ1v) is 21.5. The number of hydrogen-bond acceptors (Lipinski definition) is 8. The number of aryl methyl sites for hydroxylation is 1. The molecule has 294 valence electrons. The third-order valence-corrected chi connectivity index (χ3v) is 12.9. The van der Waals surface area contributed by atoms with Crippen molar-refractivity contribution in [3.63, 3.8) is 0 Å². The quantitative estimate of drug-likeness (QED) is 0.101. The number of hydrogen-bond donors (Lipinski definition) is 3. The first kappa shape index (κ1) is 38.3. The molecule has 6 heterocycles. The van der Waals surface area contributed by atoms with Crippen molar-refractivity contribution in [3.8, 4) is 33.6 Å². The standard InChI is InChI=1S/C44H47N7O4S2/c1-55-44(54)47-33(25-35-9-6-24-57-35)26-41(53)51-22-4-11-39(51)43-46-28-37(49-43)32-19-15-30(16-20-32)29-13-17-31(18-14-29)36-27-45-42(48-36)38-10-3-21-50(38)40(52)12-2-7-34-8-5-23-56-34/h5-6,8-9,13-20,23-24,27-28,33,38-39H,2-4,7,10-12,21-22,25-26H2,1H3,(H,45,48)(H,46,49)(H,47,54)/t33-,38-,39-/m0/s1. The van der Waals surface area contributed by atoms with Crippen LogP contribution >= 0.6 is 22.7 Å². The van der Waals surface area contributed by atoms with Crippen LogP contribution in [0.15, 0.2) is 96.0 Å². The monoisotopic (exact) mass is 801 g/mol. The highest BCUT2D eigenvalue weighted by Crippen LogP contribution is 2.35. The van der Waals surface area contributed by atoms with Gasteiger partial charge in [0.15, 0.2) is 0 Å². The predicted octanol–water partition coefficient (Wildman–Crippen LogP) is 8.96. The van der Waals surface area contributed by atoms with Gasteiger partial charge in [0.2, 0.25) is 11.8 Å². The van der Waals surface area contributed by atoms with Gasteiger partial charge in [-0.05, 0) is 83.7 Å². The van der Waals surface area contributed by atoms with Crippen molar-refractivity contribution in [1.82, 2.24) is 35.1 Å². The number of imidazole rings is 2. The molecule has 6 aromatic rings. The van der Waals surface area contributed by atoms with Crippen LogP contribution in [0.1, 0.15) is 78.4 Å². The normalized spacial score (nSPS) is 17.2. The van der Waals surface area contributed by atoms with Gasteiger partial charge < -0.3 is 29.8 Å². The van der Waals surface area contributed by atoms with Crippen molar-refractivity contribution < 1.29 is 19.1 Å². The Labute approximate surface area is 340 Å². The van der Waals surface area contributed by atoms with E-state index in [0.29, 0.717) is 19.4 Å². The van der Waals surface area contributed by atoms with E-state index in [0.717, 1.165) is 95.2 Å². The van der Waals surface area contributed by atoms with Gasteiger partial charge in [0.1, 0.15) is 11.6 Å². The number of H-pyrrole nitrogens is 2. The van der Waals surface area contributed by atoms with E-state index in [4.69, 9.17) is 14.7 Å². The third-order valence-electron chi connectivity index (χ3n) is 11.0. The highest BCUT2D eigenvalue weighted by atomic mass is 32.1. The number of thiophene rings is 2. The molecule has 3 amide bonds. The fraction of sp³-hybridized carbons (Fsp3) is 0.341. The molecule has 2 aliphatic rings. The number of alkyl carbamates (subject to hydrolysis) is 1. The number of aromatic amines is 2. The Morgan fingerprint density at radius 1 is 0.754 bits per heavy atom. The number of amides is 3. The molecule has 4 aromatic heterocycles. The Kier molecular flexibility index (Phi) is 11.9. The lowest BCUT2D eigenvalue weighted by Crippen LogP contribution is -2.41. The molecule has 2 fully saturated rings. The van der Waals surface area contributed by atoms with Gasteiger partial charge in [0.05, 0.1) is 43.0 Å². The maximum atomic E-state index is 13.6. The highest BCUT2D eigenvalue weighted by Gasteiger charge is 2.34. The number of methoxy groups -OCH3 is 1. The highest BCUT2D eigenvalue weighted by molar-refractivity contribution is 7.10. The van der Waals surface area contributed by atoms with Crippen LogP contribution in [0.4, 0.5) is 4.79 Å². The van der Waals surface area contributed by atoms with Gasteiger partial charge in [-0.1, -0.05) is 60.7 Å². The molecular weight excluding hydrogens is 755 g/mol. The van der Waals surface area contributed by atoms with Gasteiger partial charge in [-0.2, -0.15) is 0 Å². The predicted molar refractivity (Wildman–Crippen MR) is 224 cm³/mol. The molecule has 0 unspecified atom stereocenters. The minimum Gasteiger partial charge on any atom is -0.453 e. The molecule has 0 radical (unpaired) electrons. The lowest BCUT2D eigenvalue weighted by molar-refractivity contribution is -0.133. The number of carbonyl (C=O) groups excluding carboxylic acids is 3. The van der Waals surface area contributed by atoms with Crippen molar-refractivity contribution in [3.05, 3.63) is 117 Å². The summed E-state index contributed by atoms with van der Waals surface area (Å²) in [5, 5.41) is 6.93. The molecule has 0 spiro atoms. The first-order valence-electron chi connectivity index (χ1n) is 19.7. The van der Waals surface area contributed by atoms with Gasteiger partial charge in [0, 0.05) is 48.1 Å². The third kappa shape index (κ3) is 9.05. The summed E-state index contributed by atoms with van der Waals surface area (Å²) >= 11 is 3.35. The summed E-state index contributed by atoms with van der Waals surface area (Å²) < 4.78 is 4.84. The maximum Gasteiger partial charge on any atom is 0.407 e. The average molecular weight is 802 g/mol. The zero-order chi connectivity index (χ0) is 39.1. The van der Waals surface area contributed by atoms with Crippen LogP contribution in [0.3, 0.4) is 0 Å². The number of carbonyl (C=O) groups is 3.